The molecule has 2 rings (SSSR count). The normalized spacial score (nSPS) is 17.7. The summed E-state index contributed by atoms with van der Waals surface area (Å²) in [6.45, 7) is 2.54. The summed E-state index contributed by atoms with van der Waals surface area (Å²) in [6, 6.07) is -0.445. The minimum absolute atomic E-state index is 0.445. The third kappa shape index (κ3) is 2.16. The number of aromatic nitrogens is 3. The first-order valence-corrected chi connectivity index (χ1v) is 6.24. The standard InChI is InChI=1S/C7H13N5O2S/c1-5(11-15(8,13)14)7-10-9-6-3-2-4-12(6)7/h5,11H,2-4H2,1H3,(H2,8,13,14). The molecule has 1 aromatic rings. The Kier molecular flexibility index (Phi) is 2.49. The van der Waals surface area contributed by atoms with Gasteiger partial charge in [0.25, 0.3) is 10.2 Å². The lowest BCUT2D eigenvalue weighted by Crippen LogP contribution is -2.34. The smallest absolute Gasteiger partial charge is 0.275 e. The molecule has 0 radical (unpaired) electrons. The molecule has 1 aliphatic heterocycles. The molecule has 1 atom stereocenters. The number of nitrogens with one attached hydrogen (secondary N) is 1. The fourth-order valence-corrected chi connectivity index (χ4v) is 2.39. The van der Waals surface area contributed by atoms with Crippen LogP contribution in [-0.4, -0.2) is 23.2 Å². The van der Waals surface area contributed by atoms with Crippen LogP contribution in [-0.2, 0) is 23.2 Å². The Morgan fingerprint density at radius 3 is 2.93 bits per heavy atom. The molecule has 0 fully saturated rings. The maximum Gasteiger partial charge on any atom is 0.275 e. The number of aryl methyl sites for hydroxylation is 1. The molecular weight excluding hydrogens is 218 g/mol. The lowest BCUT2D eigenvalue weighted by atomic mass is 10.3. The van der Waals surface area contributed by atoms with Crippen LogP contribution >= 0.6 is 0 Å². The minimum Gasteiger partial charge on any atom is -0.314 e. The lowest BCUT2D eigenvalue weighted by Gasteiger charge is -2.11. The van der Waals surface area contributed by atoms with Crippen molar-refractivity contribution < 1.29 is 8.42 Å². The molecule has 3 N–H and O–H groups in total. The molecule has 8 heteroatoms. The number of nitrogens with zero attached hydrogens (tertiary/aromatic N) is 3. The lowest BCUT2D eigenvalue weighted by molar-refractivity contribution is 0.547. The van der Waals surface area contributed by atoms with Crippen LogP contribution in [0.25, 0.3) is 0 Å². The molecule has 0 bridgehead atoms. The fraction of sp³-hybridized carbons (Fsp3) is 0.714. The predicted octanol–water partition coefficient (Wildman–Crippen LogP) is -0.922. The summed E-state index contributed by atoms with van der Waals surface area (Å²) in [7, 11) is -3.70. The van der Waals surface area contributed by atoms with Gasteiger partial charge in [-0.1, -0.05) is 0 Å². The van der Waals surface area contributed by atoms with Gasteiger partial charge in [-0.25, -0.2) is 5.14 Å². The second-order valence-corrected chi connectivity index (χ2v) is 4.94. The van der Waals surface area contributed by atoms with Gasteiger partial charge in [0.2, 0.25) is 0 Å². The quantitative estimate of drug-likeness (QED) is 0.702. The second kappa shape index (κ2) is 3.54. The Bertz CT molecular complexity index is 466. The highest BCUT2D eigenvalue weighted by Gasteiger charge is 2.22. The molecule has 1 aromatic heterocycles. The van der Waals surface area contributed by atoms with Crippen LogP contribution in [0.3, 0.4) is 0 Å². The molecule has 0 saturated carbocycles. The molecule has 1 aliphatic rings. The number of hydrogen-bond donors (Lipinski definition) is 2. The van der Waals surface area contributed by atoms with Crippen LogP contribution in [0.2, 0.25) is 0 Å². The molecular formula is C7H13N5O2S. The van der Waals surface area contributed by atoms with Gasteiger partial charge in [-0.05, 0) is 13.3 Å². The number of hydrogen-bond acceptors (Lipinski definition) is 4. The third-order valence-electron chi connectivity index (χ3n) is 2.37. The van der Waals surface area contributed by atoms with E-state index in [9.17, 15) is 8.42 Å². The largest absolute Gasteiger partial charge is 0.314 e. The molecule has 7 nitrogen and oxygen atoms in total. The Balaban J connectivity index is 2.23. The van der Waals surface area contributed by atoms with Crippen LogP contribution in [0, 0.1) is 0 Å². The Hall–Kier alpha value is -0.990. The van der Waals surface area contributed by atoms with Crippen molar-refractivity contribution in [3.8, 4) is 0 Å². The Labute approximate surface area is 87.9 Å². The molecule has 0 aliphatic carbocycles. The van der Waals surface area contributed by atoms with Crippen molar-refractivity contribution in [1.82, 2.24) is 19.5 Å². The summed E-state index contributed by atoms with van der Waals surface area (Å²) in [4.78, 5) is 0. The van der Waals surface area contributed by atoms with Crippen LogP contribution in [0.5, 0.6) is 0 Å². The maximum atomic E-state index is 10.8. The van der Waals surface area contributed by atoms with E-state index in [-0.39, 0.29) is 0 Å². The van der Waals surface area contributed by atoms with Crippen molar-refractivity contribution in [2.24, 2.45) is 5.14 Å². The summed E-state index contributed by atoms with van der Waals surface area (Å²) in [5.41, 5.74) is 0. The van der Waals surface area contributed by atoms with E-state index in [1.165, 1.54) is 0 Å². The summed E-state index contributed by atoms with van der Waals surface area (Å²) in [5, 5.41) is 12.8. The van der Waals surface area contributed by atoms with E-state index in [2.05, 4.69) is 14.9 Å². The highest BCUT2D eigenvalue weighted by Crippen LogP contribution is 2.18. The van der Waals surface area contributed by atoms with Crippen LogP contribution in [0.15, 0.2) is 0 Å². The van der Waals surface area contributed by atoms with Gasteiger partial charge in [-0.2, -0.15) is 13.1 Å². The molecule has 1 unspecified atom stereocenters. The van der Waals surface area contributed by atoms with Gasteiger partial charge in [0.15, 0.2) is 5.82 Å². The van der Waals surface area contributed by atoms with Crippen molar-refractivity contribution in [2.45, 2.75) is 32.4 Å². The first-order valence-electron chi connectivity index (χ1n) is 4.69. The fourth-order valence-electron chi connectivity index (χ4n) is 1.79. The van der Waals surface area contributed by atoms with Crippen LogP contribution in [0.1, 0.15) is 31.0 Å². The van der Waals surface area contributed by atoms with E-state index in [0.717, 1.165) is 25.2 Å². The average Bonchev–Trinajstić information content (AvgIpc) is 2.57. The SMILES string of the molecule is CC(NS(N)(=O)=O)c1nnc2n1CCC2. The van der Waals surface area contributed by atoms with Crippen molar-refractivity contribution in [3.63, 3.8) is 0 Å². The van der Waals surface area contributed by atoms with Gasteiger partial charge in [0.1, 0.15) is 5.82 Å². The van der Waals surface area contributed by atoms with Gasteiger partial charge in [-0.15, -0.1) is 10.2 Å². The highest BCUT2D eigenvalue weighted by molar-refractivity contribution is 7.87. The van der Waals surface area contributed by atoms with Crippen LogP contribution in [0.4, 0.5) is 0 Å². The van der Waals surface area contributed by atoms with Gasteiger partial charge < -0.3 is 4.57 Å². The van der Waals surface area contributed by atoms with Gasteiger partial charge in [-0.3, -0.25) is 0 Å². The van der Waals surface area contributed by atoms with Crippen LogP contribution < -0.4 is 9.86 Å². The van der Waals surface area contributed by atoms with Gasteiger partial charge >= 0.3 is 0 Å². The maximum absolute atomic E-state index is 10.8. The number of nitrogens with two attached hydrogens (primary N) is 1. The van der Waals surface area contributed by atoms with E-state index in [1.54, 1.807) is 6.92 Å². The molecule has 0 spiro atoms. The van der Waals surface area contributed by atoms with E-state index in [4.69, 9.17) is 5.14 Å². The molecule has 2 heterocycles. The van der Waals surface area contributed by atoms with E-state index >= 15 is 0 Å². The molecule has 0 saturated heterocycles. The average molecular weight is 231 g/mol. The monoisotopic (exact) mass is 231 g/mol. The zero-order chi connectivity index (χ0) is 11.1. The van der Waals surface area contributed by atoms with Gasteiger partial charge in [0.05, 0.1) is 6.04 Å². The summed E-state index contributed by atoms with van der Waals surface area (Å²) in [5.74, 6) is 1.53. The Morgan fingerprint density at radius 1 is 1.53 bits per heavy atom. The number of rotatable bonds is 3. The third-order valence-corrected chi connectivity index (χ3v) is 3.05. The topological polar surface area (TPSA) is 103 Å². The van der Waals surface area contributed by atoms with E-state index in [0.29, 0.717) is 5.82 Å². The van der Waals surface area contributed by atoms with Crippen molar-refractivity contribution in [2.75, 3.05) is 0 Å². The van der Waals surface area contributed by atoms with E-state index in [1.807, 2.05) is 4.57 Å². The molecule has 15 heavy (non-hydrogen) atoms. The summed E-state index contributed by atoms with van der Waals surface area (Å²) < 4.78 is 25.9. The summed E-state index contributed by atoms with van der Waals surface area (Å²) in [6.07, 6.45) is 1.93. The zero-order valence-corrected chi connectivity index (χ0v) is 9.16. The summed E-state index contributed by atoms with van der Waals surface area (Å²) >= 11 is 0. The second-order valence-electron chi connectivity index (χ2n) is 3.61. The minimum atomic E-state index is -3.70. The molecule has 0 amide bonds. The molecule has 84 valence electrons. The van der Waals surface area contributed by atoms with Crippen molar-refractivity contribution in [1.29, 1.82) is 0 Å². The predicted molar refractivity (Wildman–Crippen MR) is 53.0 cm³/mol. The van der Waals surface area contributed by atoms with Gasteiger partial charge in [0, 0.05) is 13.0 Å². The first-order chi connectivity index (χ1) is 6.97. The van der Waals surface area contributed by atoms with Crippen molar-refractivity contribution in [3.05, 3.63) is 11.6 Å². The van der Waals surface area contributed by atoms with Crippen molar-refractivity contribution >= 4 is 10.2 Å². The number of fused-ring (bicyclic) bond motifs is 1. The first kappa shape index (κ1) is 10.5. The Morgan fingerprint density at radius 2 is 2.27 bits per heavy atom. The zero-order valence-electron chi connectivity index (χ0n) is 8.34. The van der Waals surface area contributed by atoms with E-state index < -0.39 is 16.3 Å². The molecule has 0 aromatic carbocycles. The highest BCUT2D eigenvalue weighted by atomic mass is 32.2.